The minimum atomic E-state index is -0.685. The Hall–Kier alpha value is -3.48. The van der Waals surface area contributed by atoms with Crippen LogP contribution in [0.1, 0.15) is 30.9 Å². The molecule has 28 heavy (non-hydrogen) atoms. The van der Waals surface area contributed by atoms with Crippen LogP contribution in [0.15, 0.2) is 53.2 Å². The highest BCUT2D eigenvalue weighted by atomic mass is 19.1. The van der Waals surface area contributed by atoms with E-state index in [9.17, 15) is 14.0 Å². The summed E-state index contributed by atoms with van der Waals surface area (Å²) in [5, 5.41) is 0. The molecule has 0 atom stereocenters. The predicted octanol–water partition coefficient (Wildman–Crippen LogP) is 3.88. The molecular weight excluding hydrogens is 365 g/mol. The van der Waals surface area contributed by atoms with Crippen LogP contribution in [0.3, 0.4) is 0 Å². The molecule has 3 rings (SSSR count). The summed E-state index contributed by atoms with van der Waals surface area (Å²) in [7, 11) is 1.45. The number of carbonyl (C=O) groups excluding carboxylic acids is 2. The van der Waals surface area contributed by atoms with Crippen LogP contribution in [-0.2, 0) is 14.3 Å². The first kappa shape index (κ1) is 19.3. The van der Waals surface area contributed by atoms with Gasteiger partial charge in [0.1, 0.15) is 5.82 Å². The van der Waals surface area contributed by atoms with Crippen LogP contribution in [0.5, 0.6) is 11.5 Å². The number of benzene rings is 2. The molecule has 0 unspecified atom stereocenters. The minimum absolute atomic E-state index is 0.0241. The topological polar surface area (TPSA) is 74.2 Å². The van der Waals surface area contributed by atoms with E-state index in [0.717, 1.165) is 0 Å². The standard InChI is InChI=1S/C21H18FNO5/c1-3-6-19(24)27-17-10-9-13(12-18(17)26-2)11-16-21(25)28-20(23-16)14-7-4-5-8-15(14)22/h4-5,7-12H,3,6H2,1-2H3/b16-11-. The van der Waals surface area contributed by atoms with E-state index in [4.69, 9.17) is 14.2 Å². The normalized spacial score (nSPS) is 14.6. The highest BCUT2D eigenvalue weighted by molar-refractivity contribution is 6.12. The first-order valence-electron chi connectivity index (χ1n) is 8.68. The molecule has 1 heterocycles. The van der Waals surface area contributed by atoms with Gasteiger partial charge in [0.15, 0.2) is 17.2 Å². The Morgan fingerprint density at radius 1 is 1.21 bits per heavy atom. The summed E-state index contributed by atoms with van der Waals surface area (Å²) in [4.78, 5) is 27.9. The van der Waals surface area contributed by atoms with Crippen molar-refractivity contribution in [1.29, 1.82) is 0 Å². The van der Waals surface area contributed by atoms with Gasteiger partial charge < -0.3 is 14.2 Å². The van der Waals surface area contributed by atoms with Gasteiger partial charge in [0.2, 0.25) is 5.90 Å². The fourth-order valence-corrected chi connectivity index (χ4v) is 2.55. The summed E-state index contributed by atoms with van der Waals surface area (Å²) in [6.45, 7) is 1.88. The molecule has 144 valence electrons. The van der Waals surface area contributed by atoms with Crippen molar-refractivity contribution in [3.8, 4) is 11.5 Å². The van der Waals surface area contributed by atoms with Gasteiger partial charge in [-0.2, -0.15) is 0 Å². The Morgan fingerprint density at radius 2 is 2.00 bits per heavy atom. The SMILES string of the molecule is CCCC(=O)Oc1ccc(/C=C2\N=C(c3ccccc3F)OC2=O)cc1OC. The van der Waals surface area contributed by atoms with Gasteiger partial charge in [-0.05, 0) is 42.3 Å². The van der Waals surface area contributed by atoms with Crippen LogP contribution in [0.2, 0.25) is 0 Å². The van der Waals surface area contributed by atoms with Gasteiger partial charge in [0.25, 0.3) is 0 Å². The third-order valence-corrected chi connectivity index (χ3v) is 3.89. The monoisotopic (exact) mass is 383 g/mol. The van der Waals surface area contributed by atoms with Crippen LogP contribution < -0.4 is 9.47 Å². The lowest BCUT2D eigenvalue weighted by atomic mass is 10.1. The molecule has 0 fully saturated rings. The highest BCUT2D eigenvalue weighted by Crippen LogP contribution is 2.30. The number of halogens is 1. The zero-order valence-electron chi connectivity index (χ0n) is 15.4. The number of ether oxygens (including phenoxy) is 3. The van der Waals surface area contributed by atoms with Crippen LogP contribution in [0.4, 0.5) is 4.39 Å². The number of aliphatic imine (C=N–C) groups is 1. The van der Waals surface area contributed by atoms with Crippen molar-refractivity contribution in [2.45, 2.75) is 19.8 Å². The van der Waals surface area contributed by atoms with E-state index >= 15 is 0 Å². The minimum Gasteiger partial charge on any atom is -0.493 e. The fourth-order valence-electron chi connectivity index (χ4n) is 2.55. The molecule has 2 aromatic rings. The van der Waals surface area contributed by atoms with Gasteiger partial charge >= 0.3 is 11.9 Å². The summed E-state index contributed by atoms with van der Waals surface area (Å²) in [5.74, 6) is -1.04. The summed E-state index contributed by atoms with van der Waals surface area (Å²) >= 11 is 0. The zero-order valence-corrected chi connectivity index (χ0v) is 15.4. The van der Waals surface area contributed by atoms with Crippen molar-refractivity contribution >= 4 is 23.9 Å². The molecule has 6 nitrogen and oxygen atoms in total. The molecule has 0 aromatic heterocycles. The lowest BCUT2D eigenvalue weighted by molar-refractivity contribution is -0.134. The van der Waals surface area contributed by atoms with E-state index in [1.54, 1.807) is 24.3 Å². The molecule has 0 N–H and O–H groups in total. The second kappa shape index (κ2) is 8.47. The highest BCUT2D eigenvalue weighted by Gasteiger charge is 2.26. The second-order valence-electron chi connectivity index (χ2n) is 5.95. The number of nitrogens with zero attached hydrogens (tertiary/aromatic N) is 1. The first-order chi connectivity index (χ1) is 13.5. The third-order valence-electron chi connectivity index (χ3n) is 3.89. The number of hydrogen-bond acceptors (Lipinski definition) is 6. The van der Waals surface area contributed by atoms with Gasteiger partial charge in [-0.3, -0.25) is 4.79 Å². The molecule has 1 aliphatic heterocycles. The Morgan fingerprint density at radius 3 is 2.71 bits per heavy atom. The first-order valence-corrected chi connectivity index (χ1v) is 8.68. The average molecular weight is 383 g/mol. The Bertz CT molecular complexity index is 981. The van der Waals surface area contributed by atoms with Crippen molar-refractivity contribution in [3.63, 3.8) is 0 Å². The molecule has 0 radical (unpaired) electrons. The molecule has 0 spiro atoms. The quantitative estimate of drug-likeness (QED) is 0.430. The number of esters is 2. The third kappa shape index (κ3) is 4.25. The second-order valence-corrected chi connectivity index (χ2v) is 5.95. The molecule has 0 saturated carbocycles. The van der Waals surface area contributed by atoms with Gasteiger partial charge in [0.05, 0.1) is 12.7 Å². The molecule has 0 aliphatic carbocycles. The molecule has 7 heteroatoms. The largest absolute Gasteiger partial charge is 0.493 e. The van der Waals surface area contributed by atoms with Crippen LogP contribution in [-0.4, -0.2) is 24.9 Å². The van der Waals surface area contributed by atoms with Crippen molar-refractivity contribution < 1.29 is 28.2 Å². The predicted molar refractivity (Wildman–Crippen MR) is 101 cm³/mol. The van der Waals surface area contributed by atoms with Gasteiger partial charge in [-0.15, -0.1) is 0 Å². The van der Waals surface area contributed by atoms with E-state index in [1.807, 2.05) is 6.92 Å². The lowest BCUT2D eigenvalue weighted by Crippen LogP contribution is -2.08. The number of rotatable bonds is 6. The molecular formula is C21H18FNO5. The Labute approximate surface area is 161 Å². The van der Waals surface area contributed by atoms with Crippen molar-refractivity contribution in [2.24, 2.45) is 4.99 Å². The Kier molecular flexibility index (Phi) is 5.84. The van der Waals surface area contributed by atoms with Crippen LogP contribution in [0, 0.1) is 5.82 Å². The van der Waals surface area contributed by atoms with E-state index in [1.165, 1.54) is 31.4 Å². The fraction of sp³-hybridized carbons (Fsp3) is 0.190. The van der Waals surface area contributed by atoms with Crippen molar-refractivity contribution in [3.05, 3.63) is 65.1 Å². The van der Waals surface area contributed by atoms with E-state index in [-0.39, 0.29) is 28.9 Å². The van der Waals surface area contributed by atoms with E-state index < -0.39 is 11.8 Å². The molecule has 0 saturated heterocycles. The molecule has 1 aliphatic rings. The smallest absolute Gasteiger partial charge is 0.363 e. The average Bonchev–Trinajstić information content (AvgIpc) is 3.03. The lowest BCUT2D eigenvalue weighted by Gasteiger charge is -2.09. The summed E-state index contributed by atoms with van der Waals surface area (Å²) in [5.41, 5.74) is 0.712. The van der Waals surface area contributed by atoms with Crippen molar-refractivity contribution in [1.82, 2.24) is 0 Å². The maximum absolute atomic E-state index is 13.9. The summed E-state index contributed by atoms with van der Waals surface area (Å²) < 4.78 is 29.5. The van der Waals surface area contributed by atoms with Gasteiger partial charge in [-0.1, -0.05) is 25.1 Å². The number of hydrogen-bond donors (Lipinski definition) is 0. The maximum Gasteiger partial charge on any atom is 0.363 e. The number of methoxy groups -OCH3 is 1. The van der Waals surface area contributed by atoms with E-state index in [2.05, 4.69) is 4.99 Å². The zero-order chi connectivity index (χ0) is 20.1. The van der Waals surface area contributed by atoms with E-state index in [0.29, 0.717) is 24.2 Å². The summed E-state index contributed by atoms with van der Waals surface area (Å²) in [6, 6.07) is 10.7. The number of carbonyl (C=O) groups is 2. The van der Waals surface area contributed by atoms with Gasteiger partial charge in [-0.25, -0.2) is 14.2 Å². The summed E-state index contributed by atoms with van der Waals surface area (Å²) in [6.07, 6.45) is 2.46. The number of cyclic esters (lactones) is 1. The molecule has 0 bridgehead atoms. The Balaban J connectivity index is 1.87. The van der Waals surface area contributed by atoms with Crippen LogP contribution >= 0.6 is 0 Å². The maximum atomic E-state index is 13.9. The molecule has 0 amide bonds. The van der Waals surface area contributed by atoms with Crippen molar-refractivity contribution in [2.75, 3.05) is 7.11 Å². The van der Waals surface area contributed by atoms with Crippen LogP contribution in [0.25, 0.3) is 6.08 Å². The molecule has 2 aromatic carbocycles. The van der Waals surface area contributed by atoms with Gasteiger partial charge in [0, 0.05) is 6.42 Å².